The summed E-state index contributed by atoms with van der Waals surface area (Å²) >= 11 is 0. The van der Waals surface area contributed by atoms with E-state index in [9.17, 15) is 13.2 Å². The lowest BCUT2D eigenvalue weighted by Gasteiger charge is -2.28. The predicted molar refractivity (Wildman–Crippen MR) is 132 cm³/mol. The highest BCUT2D eigenvalue weighted by Crippen LogP contribution is 2.26. The lowest BCUT2D eigenvalue weighted by Crippen LogP contribution is -2.48. The molecule has 1 aliphatic heterocycles. The Morgan fingerprint density at radius 1 is 1.00 bits per heavy atom. The van der Waals surface area contributed by atoms with Crippen LogP contribution in [0.2, 0.25) is 0 Å². The first-order valence-electron chi connectivity index (χ1n) is 11.7. The van der Waals surface area contributed by atoms with Crippen molar-refractivity contribution >= 4 is 21.6 Å². The van der Waals surface area contributed by atoms with Crippen LogP contribution in [-0.4, -0.2) is 57.7 Å². The second-order valence-electron chi connectivity index (χ2n) is 8.54. The van der Waals surface area contributed by atoms with Crippen molar-refractivity contribution in [3.8, 4) is 11.5 Å². The number of sulfonamides is 1. The van der Waals surface area contributed by atoms with E-state index in [2.05, 4.69) is 10.2 Å². The van der Waals surface area contributed by atoms with E-state index in [0.29, 0.717) is 23.7 Å². The fourth-order valence-corrected chi connectivity index (χ4v) is 5.29. The average molecular weight is 474 g/mol. The van der Waals surface area contributed by atoms with Gasteiger partial charge in [-0.25, -0.2) is 8.42 Å². The van der Waals surface area contributed by atoms with Gasteiger partial charge < -0.3 is 15.0 Å². The quantitative estimate of drug-likeness (QED) is 0.528. The fraction of sp³-hybridized carbons (Fsp3) is 0.480. The molecule has 0 saturated carbocycles. The van der Waals surface area contributed by atoms with Gasteiger partial charge >= 0.3 is 0 Å². The molecule has 2 aromatic carbocycles. The van der Waals surface area contributed by atoms with Gasteiger partial charge in [0.15, 0.2) is 0 Å². The number of para-hydroxylation sites is 1. The number of ether oxygens (including phenoxy) is 1. The third-order valence-electron chi connectivity index (χ3n) is 5.81. The van der Waals surface area contributed by atoms with Crippen molar-refractivity contribution < 1.29 is 17.9 Å². The third kappa shape index (κ3) is 7.75. The van der Waals surface area contributed by atoms with Crippen molar-refractivity contribution in [2.45, 2.75) is 45.1 Å². The molecule has 1 aliphatic rings. The molecule has 1 heterocycles. The number of hydrogen-bond donors (Lipinski definition) is 1. The van der Waals surface area contributed by atoms with E-state index in [1.807, 2.05) is 30.3 Å². The molecule has 2 aromatic rings. The van der Waals surface area contributed by atoms with Crippen molar-refractivity contribution in [1.29, 1.82) is 0 Å². The van der Waals surface area contributed by atoms with Crippen molar-refractivity contribution in [3.05, 3.63) is 54.6 Å². The normalized spacial score (nSPS) is 15.9. The summed E-state index contributed by atoms with van der Waals surface area (Å²) in [4.78, 5) is 15.2. The molecule has 0 aliphatic carbocycles. The van der Waals surface area contributed by atoms with Crippen molar-refractivity contribution in [1.82, 2.24) is 10.2 Å². The lowest BCUT2D eigenvalue weighted by molar-refractivity contribution is -0.121. The van der Waals surface area contributed by atoms with Gasteiger partial charge in [0.05, 0.1) is 11.9 Å². The molecule has 0 spiro atoms. The summed E-state index contributed by atoms with van der Waals surface area (Å²) in [6.07, 6.45) is 7.04. The van der Waals surface area contributed by atoms with Crippen LogP contribution >= 0.6 is 0 Å². The van der Waals surface area contributed by atoms with Crippen molar-refractivity contribution in [2.75, 3.05) is 36.7 Å². The number of anilines is 1. The Morgan fingerprint density at radius 3 is 2.21 bits per heavy atom. The van der Waals surface area contributed by atoms with Crippen LogP contribution in [0.5, 0.6) is 11.5 Å². The highest BCUT2D eigenvalue weighted by molar-refractivity contribution is 7.92. The van der Waals surface area contributed by atoms with E-state index in [-0.39, 0.29) is 5.91 Å². The monoisotopic (exact) mass is 473 g/mol. The number of amides is 1. The summed E-state index contributed by atoms with van der Waals surface area (Å²) in [7, 11) is -3.66. The molecular formula is C25H35N3O4S. The van der Waals surface area contributed by atoms with Crippen molar-refractivity contribution in [3.63, 3.8) is 0 Å². The van der Waals surface area contributed by atoms with Crippen LogP contribution in [0.4, 0.5) is 5.69 Å². The molecule has 0 aromatic heterocycles. The van der Waals surface area contributed by atoms with Gasteiger partial charge in [0.1, 0.15) is 17.5 Å². The fourth-order valence-electron chi connectivity index (χ4n) is 4.12. The van der Waals surface area contributed by atoms with Gasteiger partial charge in [0.2, 0.25) is 15.9 Å². The number of carbonyl (C=O) groups is 1. The van der Waals surface area contributed by atoms with Gasteiger partial charge in [-0.15, -0.1) is 0 Å². The molecule has 0 bridgehead atoms. The molecule has 0 radical (unpaired) electrons. The Hall–Kier alpha value is -2.58. The molecule has 1 N–H and O–H groups in total. The van der Waals surface area contributed by atoms with Crippen LogP contribution < -0.4 is 14.4 Å². The van der Waals surface area contributed by atoms with Gasteiger partial charge in [-0.3, -0.25) is 9.10 Å². The molecule has 1 unspecified atom stereocenters. The summed E-state index contributed by atoms with van der Waals surface area (Å²) < 4.78 is 32.0. The second kappa shape index (κ2) is 12.0. The zero-order chi connectivity index (χ0) is 23.7. The topological polar surface area (TPSA) is 79.0 Å². The van der Waals surface area contributed by atoms with Gasteiger partial charge in [-0.05, 0) is 82.2 Å². The highest BCUT2D eigenvalue weighted by Gasteiger charge is 2.29. The number of rotatable bonds is 10. The van der Waals surface area contributed by atoms with E-state index in [4.69, 9.17) is 4.74 Å². The average Bonchev–Trinajstić information content (AvgIpc) is 3.06. The largest absolute Gasteiger partial charge is 0.457 e. The SMILES string of the molecule is CC(C(=O)NCCCN1CCCCCC1)N(c1ccc(Oc2ccccc2)cc1)S(C)(=O)=O. The molecule has 1 saturated heterocycles. The summed E-state index contributed by atoms with van der Waals surface area (Å²) in [6, 6.07) is 15.2. The van der Waals surface area contributed by atoms with E-state index >= 15 is 0 Å². The predicted octanol–water partition coefficient (Wildman–Crippen LogP) is 4.02. The standard InChI is InChI=1S/C25H35N3O4S/c1-21(25(29)26-17-10-20-27-18-8-3-4-9-19-27)28(33(2,30)31)22-13-15-24(16-14-22)32-23-11-6-5-7-12-23/h5-7,11-16,21H,3-4,8-10,17-20H2,1-2H3,(H,26,29). The van der Waals surface area contributed by atoms with E-state index in [0.717, 1.165) is 36.6 Å². The first-order valence-corrected chi connectivity index (χ1v) is 13.5. The van der Waals surface area contributed by atoms with Crippen LogP contribution in [0.15, 0.2) is 54.6 Å². The van der Waals surface area contributed by atoms with Crippen LogP contribution in [0.25, 0.3) is 0 Å². The summed E-state index contributed by atoms with van der Waals surface area (Å²) in [5.74, 6) is 0.975. The van der Waals surface area contributed by atoms with Gasteiger partial charge in [-0.1, -0.05) is 31.0 Å². The molecule has 7 nitrogen and oxygen atoms in total. The van der Waals surface area contributed by atoms with Crippen LogP contribution in [0.3, 0.4) is 0 Å². The Bertz CT molecular complexity index is 972. The van der Waals surface area contributed by atoms with E-state index < -0.39 is 16.1 Å². The number of benzene rings is 2. The number of hydrogen-bond acceptors (Lipinski definition) is 5. The maximum atomic E-state index is 12.8. The molecule has 1 atom stereocenters. The van der Waals surface area contributed by atoms with Gasteiger partial charge in [0.25, 0.3) is 0 Å². The molecule has 1 fully saturated rings. The number of likely N-dealkylation sites (tertiary alicyclic amines) is 1. The van der Waals surface area contributed by atoms with Gasteiger partial charge in [0, 0.05) is 6.54 Å². The van der Waals surface area contributed by atoms with Crippen LogP contribution in [0, 0.1) is 0 Å². The molecular weight excluding hydrogens is 438 g/mol. The summed E-state index contributed by atoms with van der Waals surface area (Å²) in [5.41, 5.74) is 0.421. The molecule has 8 heteroatoms. The van der Waals surface area contributed by atoms with Gasteiger partial charge in [-0.2, -0.15) is 0 Å². The Morgan fingerprint density at radius 2 is 1.61 bits per heavy atom. The van der Waals surface area contributed by atoms with Crippen LogP contribution in [0.1, 0.15) is 39.0 Å². The first kappa shape index (κ1) is 25.1. The summed E-state index contributed by atoms with van der Waals surface area (Å²) in [6.45, 7) is 5.33. The Labute approximate surface area is 197 Å². The zero-order valence-electron chi connectivity index (χ0n) is 19.6. The first-order chi connectivity index (χ1) is 15.8. The maximum Gasteiger partial charge on any atom is 0.243 e. The number of nitrogens with one attached hydrogen (secondary N) is 1. The third-order valence-corrected chi connectivity index (χ3v) is 7.05. The highest BCUT2D eigenvalue weighted by atomic mass is 32.2. The second-order valence-corrected chi connectivity index (χ2v) is 10.4. The maximum absolute atomic E-state index is 12.8. The Kier molecular flexibility index (Phi) is 9.14. The van der Waals surface area contributed by atoms with Crippen LogP contribution in [-0.2, 0) is 14.8 Å². The Balaban J connectivity index is 1.57. The van der Waals surface area contributed by atoms with Crippen molar-refractivity contribution in [2.24, 2.45) is 0 Å². The molecule has 33 heavy (non-hydrogen) atoms. The number of nitrogens with zero attached hydrogens (tertiary/aromatic N) is 2. The minimum absolute atomic E-state index is 0.305. The zero-order valence-corrected chi connectivity index (χ0v) is 20.4. The molecule has 180 valence electrons. The summed E-state index contributed by atoms with van der Waals surface area (Å²) in [5, 5.41) is 2.91. The van der Waals surface area contributed by atoms with E-state index in [1.165, 1.54) is 25.7 Å². The minimum atomic E-state index is -3.66. The minimum Gasteiger partial charge on any atom is -0.457 e. The molecule has 1 amide bonds. The van der Waals surface area contributed by atoms with E-state index in [1.54, 1.807) is 31.2 Å². The number of carbonyl (C=O) groups excluding carboxylic acids is 1. The smallest absolute Gasteiger partial charge is 0.243 e. The molecule has 3 rings (SSSR count). The lowest BCUT2D eigenvalue weighted by atomic mass is 10.2.